The van der Waals surface area contributed by atoms with Gasteiger partial charge < -0.3 is 15.0 Å². The summed E-state index contributed by atoms with van der Waals surface area (Å²) in [7, 11) is 3.64. The van der Waals surface area contributed by atoms with Crippen molar-refractivity contribution >= 4 is 11.6 Å². The monoisotopic (exact) mass is 495 g/mol. The Kier molecular flexibility index (Phi) is 6.74. The van der Waals surface area contributed by atoms with Crippen molar-refractivity contribution in [1.82, 2.24) is 10.2 Å². The van der Waals surface area contributed by atoms with E-state index < -0.39 is 0 Å². The number of aryl methyl sites for hydroxylation is 1. The Morgan fingerprint density at radius 2 is 1.59 bits per heavy atom. The van der Waals surface area contributed by atoms with E-state index in [1.54, 1.807) is 12.0 Å². The summed E-state index contributed by atoms with van der Waals surface area (Å²) in [5.74, 6) is 2.05. The molecule has 3 saturated heterocycles. The van der Waals surface area contributed by atoms with Crippen molar-refractivity contribution in [2.24, 2.45) is 5.92 Å². The maximum atomic E-state index is 12.4. The number of hydrogen-bond acceptors (Lipinski definition) is 4. The molecule has 1 amide bonds. The zero-order valence-corrected chi connectivity index (χ0v) is 21.9. The van der Waals surface area contributed by atoms with Gasteiger partial charge in [-0.2, -0.15) is 0 Å². The average molecular weight is 496 g/mol. The molecule has 0 aliphatic carbocycles. The molecule has 2 bridgehead atoms. The molecule has 2 atom stereocenters. The van der Waals surface area contributed by atoms with Gasteiger partial charge in [0.05, 0.1) is 7.11 Å². The number of carbonyl (C=O) groups excluding carboxylic acids is 1. The number of nitrogens with zero attached hydrogens (tertiary/aromatic N) is 2. The molecule has 5 heteroatoms. The molecule has 1 N–H and O–H groups in total. The highest BCUT2D eigenvalue weighted by molar-refractivity contribution is 5.96. The SMILES string of the molecule is COc1cc2c(cc1CNC1C3CCN(CC3)C1C(c1ccccc1)c1ccccc1)N(C)C(=O)CC2. The number of amides is 1. The Labute approximate surface area is 220 Å². The van der Waals surface area contributed by atoms with E-state index in [1.807, 2.05) is 7.05 Å². The van der Waals surface area contributed by atoms with Gasteiger partial charge in [-0.25, -0.2) is 0 Å². The minimum Gasteiger partial charge on any atom is -0.496 e. The second kappa shape index (κ2) is 10.3. The largest absolute Gasteiger partial charge is 0.496 e. The van der Waals surface area contributed by atoms with Gasteiger partial charge in [-0.1, -0.05) is 60.7 Å². The lowest BCUT2D eigenvalue weighted by molar-refractivity contribution is -0.118. The third-order valence-corrected chi connectivity index (χ3v) is 8.88. The Morgan fingerprint density at radius 1 is 0.946 bits per heavy atom. The molecular weight excluding hydrogens is 458 g/mol. The smallest absolute Gasteiger partial charge is 0.227 e. The van der Waals surface area contributed by atoms with E-state index in [0.29, 0.717) is 30.3 Å². The van der Waals surface area contributed by atoms with Crippen LogP contribution in [0.5, 0.6) is 5.75 Å². The molecule has 5 nitrogen and oxygen atoms in total. The van der Waals surface area contributed by atoms with Crippen molar-refractivity contribution in [3.8, 4) is 5.75 Å². The number of fused-ring (bicyclic) bond motifs is 4. The molecule has 0 aromatic heterocycles. The van der Waals surface area contributed by atoms with E-state index in [2.05, 4.69) is 83.0 Å². The number of ether oxygens (including phenoxy) is 1. The van der Waals surface area contributed by atoms with Crippen LogP contribution in [0.2, 0.25) is 0 Å². The number of benzene rings is 3. The molecule has 3 aromatic rings. The maximum Gasteiger partial charge on any atom is 0.227 e. The van der Waals surface area contributed by atoms with Crippen molar-refractivity contribution < 1.29 is 9.53 Å². The lowest BCUT2D eigenvalue weighted by Crippen LogP contribution is -2.64. The van der Waals surface area contributed by atoms with E-state index in [1.165, 1.54) is 42.6 Å². The number of nitrogens with one attached hydrogen (secondary N) is 1. The van der Waals surface area contributed by atoms with E-state index >= 15 is 0 Å². The summed E-state index contributed by atoms with van der Waals surface area (Å²) in [5, 5.41) is 4.02. The fourth-order valence-electron chi connectivity index (χ4n) is 6.96. The van der Waals surface area contributed by atoms with Crippen LogP contribution in [0.15, 0.2) is 72.8 Å². The van der Waals surface area contributed by atoms with Crippen LogP contribution in [0, 0.1) is 5.92 Å². The highest BCUT2D eigenvalue weighted by Crippen LogP contribution is 2.42. The maximum absolute atomic E-state index is 12.4. The molecule has 0 radical (unpaired) electrons. The molecule has 37 heavy (non-hydrogen) atoms. The van der Waals surface area contributed by atoms with Gasteiger partial charge in [0.2, 0.25) is 5.91 Å². The van der Waals surface area contributed by atoms with Crippen LogP contribution in [0.3, 0.4) is 0 Å². The van der Waals surface area contributed by atoms with Crippen LogP contribution in [-0.2, 0) is 17.8 Å². The molecule has 0 saturated carbocycles. The predicted molar refractivity (Wildman–Crippen MR) is 148 cm³/mol. The van der Waals surface area contributed by atoms with Gasteiger partial charge in [0.25, 0.3) is 0 Å². The number of hydrogen-bond donors (Lipinski definition) is 1. The van der Waals surface area contributed by atoms with E-state index in [4.69, 9.17) is 4.74 Å². The van der Waals surface area contributed by atoms with Crippen LogP contribution in [-0.4, -0.2) is 50.1 Å². The molecule has 4 heterocycles. The van der Waals surface area contributed by atoms with Gasteiger partial charge >= 0.3 is 0 Å². The normalized spacial score (nSPS) is 24.8. The standard InChI is InChI=1S/C32H37N3O2/c1-34-27-19-26(28(37-2)20-25(27)13-14-29(34)36)21-33-31-24-15-17-35(18-16-24)32(31)30(22-9-5-3-6-10-22)23-11-7-4-8-12-23/h3-12,19-20,24,30-33H,13-18,21H2,1-2H3. The third kappa shape index (κ3) is 4.55. The zero-order valence-electron chi connectivity index (χ0n) is 21.9. The third-order valence-electron chi connectivity index (χ3n) is 8.88. The molecular formula is C32H37N3O2. The Bertz CT molecular complexity index is 1200. The highest BCUT2D eigenvalue weighted by atomic mass is 16.5. The van der Waals surface area contributed by atoms with Crippen molar-refractivity contribution in [2.75, 3.05) is 32.1 Å². The second-order valence-corrected chi connectivity index (χ2v) is 10.8. The highest BCUT2D eigenvalue weighted by Gasteiger charge is 2.46. The number of anilines is 1. The molecule has 3 aromatic carbocycles. The molecule has 4 aliphatic rings. The molecule has 2 unspecified atom stereocenters. The molecule has 192 valence electrons. The van der Waals surface area contributed by atoms with E-state index in [-0.39, 0.29) is 5.91 Å². The zero-order chi connectivity index (χ0) is 25.4. The van der Waals surface area contributed by atoms with Crippen molar-refractivity contribution in [2.45, 2.75) is 50.2 Å². The van der Waals surface area contributed by atoms with Crippen LogP contribution in [0.1, 0.15) is 47.4 Å². The first-order valence-electron chi connectivity index (χ1n) is 13.7. The number of piperidine rings is 3. The summed E-state index contributed by atoms with van der Waals surface area (Å²) in [6.45, 7) is 3.05. The summed E-state index contributed by atoms with van der Waals surface area (Å²) in [6.07, 6.45) is 3.82. The topological polar surface area (TPSA) is 44.8 Å². The van der Waals surface area contributed by atoms with Crippen molar-refractivity contribution in [3.05, 3.63) is 95.1 Å². The summed E-state index contributed by atoms with van der Waals surface area (Å²) in [6, 6.07) is 27.1. The fourth-order valence-corrected chi connectivity index (χ4v) is 6.96. The number of methoxy groups -OCH3 is 1. The van der Waals surface area contributed by atoms with E-state index in [9.17, 15) is 4.79 Å². The Balaban J connectivity index is 1.34. The van der Waals surface area contributed by atoms with Gasteiger partial charge in [-0.15, -0.1) is 0 Å². The first-order chi connectivity index (χ1) is 18.1. The Morgan fingerprint density at radius 3 is 2.22 bits per heavy atom. The summed E-state index contributed by atoms with van der Waals surface area (Å²) in [4.78, 5) is 16.9. The van der Waals surface area contributed by atoms with E-state index in [0.717, 1.165) is 30.0 Å². The first-order valence-corrected chi connectivity index (χ1v) is 13.7. The number of rotatable bonds is 7. The van der Waals surface area contributed by atoms with Crippen molar-refractivity contribution in [3.63, 3.8) is 0 Å². The van der Waals surface area contributed by atoms with Gasteiger partial charge in [0, 0.05) is 49.3 Å². The van der Waals surface area contributed by atoms with Crippen LogP contribution < -0.4 is 15.0 Å². The van der Waals surface area contributed by atoms with Crippen LogP contribution in [0.25, 0.3) is 0 Å². The quantitative estimate of drug-likeness (QED) is 0.502. The minimum atomic E-state index is 0.183. The number of carbonyl (C=O) groups is 1. The van der Waals surface area contributed by atoms with Gasteiger partial charge in [-0.3, -0.25) is 9.69 Å². The average Bonchev–Trinajstić information content (AvgIpc) is 2.96. The molecule has 3 fully saturated rings. The van der Waals surface area contributed by atoms with Crippen LogP contribution >= 0.6 is 0 Å². The van der Waals surface area contributed by atoms with Gasteiger partial charge in [0.15, 0.2) is 0 Å². The summed E-state index contributed by atoms with van der Waals surface area (Å²) in [5.41, 5.74) is 6.09. The lowest BCUT2D eigenvalue weighted by Gasteiger charge is -2.54. The Hall–Kier alpha value is -3.15. The minimum absolute atomic E-state index is 0.183. The fraction of sp³-hybridized carbons (Fsp3) is 0.406. The molecule has 7 rings (SSSR count). The van der Waals surface area contributed by atoms with Crippen LogP contribution in [0.4, 0.5) is 5.69 Å². The lowest BCUT2D eigenvalue weighted by atomic mass is 9.70. The first kappa shape index (κ1) is 24.2. The summed E-state index contributed by atoms with van der Waals surface area (Å²) < 4.78 is 5.83. The molecule has 4 aliphatic heterocycles. The van der Waals surface area contributed by atoms with Gasteiger partial charge in [0.1, 0.15) is 5.75 Å². The van der Waals surface area contributed by atoms with Gasteiger partial charge in [-0.05, 0) is 67.1 Å². The molecule has 0 spiro atoms. The summed E-state index contributed by atoms with van der Waals surface area (Å²) >= 11 is 0. The second-order valence-electron chi connectivity index (χ2n) is 10.8. The van der Waals surface area contributed by atoms with Crippen molar-refractivity contribution in [1.29, 1.82) is 0 Å². The predicted octanol–water partition coefficient (Wildman–Crippen LogP) is 4.99.